The van der Waals surface area contributed by atoms with Crippen LogP contribution in [0.15, 0.2) is 23.2 Å². The van der Waals surface area contributed by atoms with Gasteiger partial charge >= 0.3 is 0 Å². The van der Waals surface area contributed by atoms with Crippen LogP contribution >= 0.6 is 0 Å². The topological polar surface area (TPSA) is 47.6 Å². The third kappa shape index (κ3) is 2.99. The second-order valence-corrected chi connectivity index (χ2v) is 4.90. The van der Waals surface area contributed by atoms with Crippen molar-refractivity contribution in [2.45, 2.75) is 27.7 Å². The van der Waals surface area contributed by atoms with E-state index in [9.17, 15) is 0 Å². The predicted molar refractivity (Wildman–Crippen MR) is 68.5 cm³/mol. The van der Waals surface area contributed by atoms with Gasteiger partial charge < -0.3 is 10.5 Å². The molecule has 16 heavy (non-hydrogen) atoms. The summed E-state index contributed by atoms with van der Waals surface area (Å²) in [6.07, 6.45) is 0. The van der Waals surface area contributed by atoms with Crippen LogP contribution in [0.3, 0.4) is 0 Å². The van der Waals surface area contributed by atoms with E-state index in [-0.39, 0.29) is 5.41 Å². The van der Waals surface area contributed by atoms with Crippen LogP contribution in [0.25, 0.3) is 0 Å². The van der Waals surface area contributed by atoms with E-state index in [1.807, 2.05) is 45.9 Å². The molecular formula is C13H20N2O. The Balaban J connectivity index is 3.07. The van der Waals surface area contributed by atoms with Crippen LogP contribution in [0, 0.1) is 12.3 Å². The van der Waals surface area contributed by atoms with Gasteiger partial charge in [0.25, 0.3) is 0 Å². The van der Waals surface area contributed by atoms with Crippen molar-refractivity contribution in [3.05, 3.63) is 23.8 Å². The SMILES string of the molecule is COc1ccc(N=C(N)C(C)(C)C)c(C)c1. The summed E-state index contributed by atoms with van der Waals surface area (Å²) in [6.45, 7) is 8.14. The average Bonchev–Trinajstić information content (AvgIpc) is 2.19. The Morgan fingerprint density at radius 2 is 1.94 bits per heavy atom. The number of ether oxygens (including phenoxy) is 1. The van der Waals surface area contributed by atoms with E-state index < -0.39 is 0 Å². The summed E-state index contributed by atoms with van der Waals surface area (Å²) in [5, 5.41) is 0. The van der Waals surface area contributed by atoms with Crippen LogP contribution in [0.2, 0.25) is 0 Å². The molecule has 0 fully saturated rings. The van der Waals surface area contributed by atoms with E-state index in [4.69, 9.17) is 10.5 Å². The van der Waals surface area contributed by atoms with Gasteiger partial charge in [0.15, 0.2) is 0 Å². The Hall–Kier alpha value is -1.51. The number of rotatable bonds is 2. The van der Waals surface area contributed by atoms with Crippen LogP contribution in [0.5, 0.6) is 5.75 Å². The summed E-state index contributed by atoms with van der Waals surface area (Å²) in [6, 6.07) is 5.77. The van der Waals surface area contributed by atoms with Gasteiger partial charge in [0, 0.05) is 5.41 Å². The summed E-state index contributed by atoms with van der Waals surface area (Å²) in [5.74, 6) is 1.48. The fourth-order valence-electron chi connectivity index (χ4n) is 1.18. The highest BCUT2D eigenvalue weighted by Crippen LogP contribution is 2.25. The van der Waals surface area contributed by atoms with Gasteiger partial charge in [-0.05, 0) is 30.7 Å². The van der Waals surface area contributed by atoms with Crippen molar-refractivity contribution in [3.63, 3.8) is 0 Å². The van der Waals surface area contributed by atoms with Crippen LogP contribution in [0.4, 0.5) is 5.69 Å². The summed E-state index contributed by atoms with van der Waals surface area (Å²) in [7, 11) is 1.65. The fraction of sp³-hybridized carbons (Fsp3) is 0.462. The predicted octanol–water partition coefficient (Wildman–Crippen LogP) is 3.04. The van der Waals surface area contributed by atoms with Gasteiger partial charge in [-0.2, -0.15) is 0 Å². The largest absolute Gasteiger partial charge is 0.497 e. The zero-order valence-corrected chi connectivity index (χ0v) is 10.7. The van der Waals surface area contributed by atoms with E-state index in [1.54, 1.807) is 7.11 Å². The molecule has 0 heterocycles. The van der Waals surface area contributed by atoms with Gasteiger partial charge in [-0.1, -0.05) is 20.8 Å². The van der Waals surface area contributed by atoms with Gasteiger partial charge in [-0.25, -0.2) is 4.99 Å². The Morgan fingerprint density at radius 1 is 1.31 bits per heavy atom. The smallest absolute Gasteiger partial charge is 0.119 e. The molecule has 0 aliphatic heterocycles. The van der Waals surface area contributed by atoms with E-state index in [1.165, 1.54) is 0 Å². The van der Waals surface area contributed by atoms with E-state index in [0.29, 0.717) is 5.84 Å². The van der Waals surface area contributed by atoms with Crippen molar-refractivity contribution in [3.8, 4) is 5.75 Å². The van der Waals surface area contributed by atoms with Crippen molar-refractivity contribution >= 4 is 11.5 Å². The number of nitrogens with two attached hydrogens (primary N) is 1. The summed E-state index contributed by atoms with van der Waals surface area (Å²) in [5.41, 5.74) is 7.79. The van der Waals surface area contributed by atoms with E-state index in [2.05, 4.69) is 4.99 Å². The number of nitrogens with zero attached hydrogens (tertiary/aromatic N) is 1. The first-order valence-corrected chi connectivity index (χ1v) is 5.34. The lowest BCUT2D eigenvalue weighted by atomic mass is 9.95. The maximum Gasteiger partial charge on any atom is 0.119 e. The third-order valence-electron chi connectivity index (χ3n) is 2.41. The molecule has 0 aliphatic carbocycles. The van der Waals surface area contributed by atoms with Gasteiger partial charge in [0.1, 0.15) is 11.6 Å². The Morgan fingerprint density at radius 3 is 2.38 bits per heavy atom. The molecule has 0 unspecified atom stereocenters. The molecule has 0 amide bonds. The molecule has 0 aliphatic rings. The first-order chi connectivity index (χ1) is 7.34. The molecule has 0 spiro atoms. The number of hydrogen-bond acceptors (Lipinski definition) is 2. The summed E-state index contributed by atoms with van der Waals surface area (Å²) >= 11 is 0. The highest BCUT2D eigenvalue weighted by atomic mass is 16.5. The number of hydrogen-bond donors (Lipinski definition) is 1. The first kappa shape index (κ1) is 12.6. The quantitative estimate of drug-likeness (QED) is 0.615. The Bertz CT molecular complexity index is 403. The molecular weight excluding hydrogens is 200 g/mol. The molecule has 0 saturated carbocycles. The molecule has 0 radical (unpaired) electrons. The molecule has 0 atom stereocenters. The molecule has 88 valence electrons. The first-order valence-electron chi connectivity index (χ1n) is 5.34. The molecule has 0 aromatic heterocycles. The zero-order chi connectivity index (χ0) is 12.3. The summed E-state index contributed by atoms with van der Waals surface area (Å²) in [4.78, 5) is 4.44. The minimum Gasteiger partial charge on any atom is -0.497 e. The zero-order valence-electron chi connectivity index (χ0n) is 10.7. The fourth-order valence-corrected chi connectivity index (χ4v) is 1.18. The Labute approximate surface area is 97.3 Å². The molecule has 3 heteroatoms. The normalized spacial score (nSPS) is 12.7. The minimum atomic E-state index is -0.105. The minimum absolute atomic E-state index is 0.105. The molecule has 1 rings (SSSR count). The standard InChI is InChI=1S/C13H20N2O/c1-9-8-10(16-5)6-7-11(9)15-12(14)13(2,3)4/h6-8H,1-5H3,(H2,14,15). The van der Waals surface area contributed by atoms with E-state index in [0.717, 1.165) is 17.0 Å². The lowest BCUT2D eigenvalue weighted by molar-refractivity contribution is 0.414. The van der Waals surface area contributed by atoms with E-state index >= 15 is 0 Å². The van der Waals surface area contributed by atoms with Crippen molar-refractivity contribution < 1.29 is 4.74 Å². The maximum absolute atomic E-state index is 5.94. The molecule has 1 aromatic rings. The van der Waals surface area contributed by atoms with Gasteiger partial charge in [-0.15, -0.1) is 0 Å². The van der Waals surface area contributed by atoms with Crippen molar-refractivity contribution in [1.82, 2.24) is 0 Å². The lowest BCUT2D eigenvalue weighted by Gasteiger charge is -2.17. The molecule has 2 N–H and O–H groups in total. The molecule has 0 bridgehead atoms. The monoisotopic (exact) mass is 220 g/mol. The van der Waals surface area contributed by atoms with Crippen molar-refractivity contribution in [2.75, 3.05) is 7.11 Å². The summed E-state index contributed by atoms with van der Waals surface area (Å²) < 4.78 is 5.14. The van der Waals surface area contributed by atoms with Crippen LogP contribution in [-0.4, -0.2) is 12.9 Å². The highest BCUT2D eigenvalue weighted by molar-refractivity contribution is 5.88. The maximum atomic E-state index is 5.94. The third-order valence-corrected chi connectivity index (χ3v) is 2.41. The molecule has 0 saturated heterocycles. The highest BCUT2D eigenvalue weighted by Gasteiger charge is 2.15. The molecule has 1 aromatic carbocycles. The average molecular weight is 220 g/mol. The molecule has 3 nitrogen and oxygen atoms in total. The number of amidine groups is 1. The van der Waals surface area contributed by atoms with Gasteiger partial charge in [-0.3, -0.25) is 0 Å². The Kier molecular flexibility index (Phi) is 3.58. The van der Waals surface area contributed by atoms with Gasteiger partial charge in [0.2, 0.25) is 0 Å². The van der Waals surface area contributed by atoms with Crippen molar-refractivity contribution in [1.29, 1.82) is 0 Å². The van der Waals surface area contributed by atoms with Crippen LogP contribution in [-0.2, 0) is 0 Å². The number of benzene rings is 1. The van der Waals surface area contributed by atoms with Gasteiger partial charge in [0.05, 0.1) is 12.8 Å². The number of methoxy groups -OCH3 is 1. The number of aryl methyl sites for hydroxylation is 1. The second-order valence-electron chi connectivity index (χ2n) is 4.90. The van der Waals surface area contributed by atoms with Crippen LogP contribution in [0.1, 0.15) is 26.3 Å². The van der Waals surface area contributed by atoms with Crippen LogP contribution < -0.4 is 10.5 Å². The van der Waals surface area contributed by atoms with Crippen molar-refractivity contribution in [2.24, 2.45) is 16.1 Å². The number of aliphatic imine (C=N–C) groups is 1. The lowest BCUT2D eigenvalue weighted by Crippen LogP contribution is -2.28. The second kappa shape index (κ2) is 4.56.